The van der Waals surface area contributed by atoms with Crippen molar-refractivity contribution >= 4 is 5.84 Å². The van der Waals surface area contributed by atoms with Gasteiger partial charge in [0.25, 0.3) is 0 Å². The second kappa shape index (κ2) is 17.3. The van der Waals surface area contributed by atoms with Gasteiger partial charge in [0, 0.05) is 24.6 Å². The Kier molecular flexibility index (Phi) is 16.1. The fourth-order valence-electron chi connectivity index (χ4n) is 3.36. The first-order valence-electron chi connectivity index (χ1n) is 11.6. The van der Waals surface area contributed by atoms with Gasteiger partial charge in [0.05, 0.1) is 6.61 Å². The maximum atomic E-state index is 14.1. The Hall–Kier alpha value is -2.24. The molecule has 4 nitrogen and oxygen atoms in total. The van der Waals surface area contributed by atoms with Crippen molar-refractivity contribution in [3.63, 3.8) is 0 Å². The van der Waals surface area contributed by atoms with E-state index in [1.165, 1.54) is 6.08 Å². The Morgan fingerprint density at radius 1 is 1.19 bits per heavy atom. The van der Waals surface area contributed by atoms with E-state index in [2.05, 4.69) is 42.4 Å². The molecule has 1 aliphatic heterocycles. The number of hydroxylamine groups is 1. The molecule has 1 saturated heterocycles. The van der Waals surface area contributed by atoms with Gasteiger partial charge >= 0.3 is 0 Å². The molecular formula is C27H44FN3O. The standard InChI is InChI=1S/C25H38FN3O.C2H6/c1-8-11-23(24(26)10-3)21(9-2)13-12-20(6)18-30-28-25(27-7)22-14-16-29(17-15-22)19(4)5;1-2/h8-13,19,22H,1-2,14-18H2,3-7H3,(H,27,28);1-2H3/b20-12+,21-13+,23-11-,24-10+;. The SMILES string of the molecule is C=C/C=C(C(\F)=C/C)/C(C=C)=C/C=C(\C)CONC(=NC)C1CCN(C(C)C)CC1.CC. The number of amidine groups is 1. The van der Waals surface area contributed by atoms with Gasteiger partial charge in [-0.1, -0.05) is 63.5 Å². The molecule has 1 heterocycles. The molecule has 1 rings (SSSR count). The molecule has 0 aromatic carbocycles. The van der Waals surface area contributed by atoms with Crippen LogP contribution in [0.4, 0.5) is 4.39 Å². The van der Waals surface area contributed by atoms with E-state index in [4.69, 9.17) is 4.84 Å². The summed E-state index contributed by atoms with van der Waals surface area (Å²) in [6.07, 6.45) is 12.2. The number of hydrogen-bond donors (Lipinski definition) is 1. The van der Waals surface area contributed by atoms with Crippen LogP contribution in [0.15, 0.2) is 77.2 Å². The molecule has 32 heavy (non-hydrogen) atoms. The van der Waals surface area contributed by atoms with E-state index >= 15 is 0 Å². The molecule has 0 aromatic heterocycles. The molecule has 0 amide bonds. The first-order chi connectivity index (χ1) is 15.4. The van der Waals surface area contributed by atoms with E-state index in [-0.39, 0.29) is 5.83 Å². The highest BCUT2D eigenvalue weighted by atomic mass is 19.1. The highest BCUT2D eigenvalue weighted by Crippen LogP contribution is 2.22. The number of halogens is 1. The number of aliphatic imine (C=N–C) groups is 1. The Bertz CT molecular complexity index is 721. The lowest BCUT2D eigenvalue weighted by atomic mass is 9.95. The van der Waals surface area contributed by atoms with Crippen molar-refractivity contribution in [1.29, 1.82) is 0 Å². The van der Waals surface area contributed by atoms with Crippen LogP contribution in [0.2, 0.25) is 0 Å². The van der Waals surface area contributed by atoms with Gasteiger partial charge in [-0.15, -0.1) is 0 Å². The summed E-state index contributed by atoms with van der Waals surface area (Å²) in [7, 11) is 1.80. The van der Waals surface area contributed by atoms with Gasteiger partial charge in [-0.2, -0.15) is 0 Å². The van der Waals surface area contributed by atoms with Gasteiger partial charge in [-0.05, 0) is 64.8 Å². The average Bonchev–Trinajstić information content (AvgIpc) is 2.82. The van der Waals surface area contributed by atoms with Crippen molar-refractivity contribution in [2.45, 2.75) is 60.4 Å². The topological polar surface area (TPSA) is 36.9 Å². The van der Waals surface area contributed by atoms with Gasteiger partial charge in [0.2, 0.25) is 0 Å². The number of likely N-dealkylation sites (tertiary alicyclic amines) is 1. The molecule has 0 radical (unpaired) electrons. The van der Waals surface area contributed by atoms with Gasteiger partial charge in [0.1, 0.15) is 11.7 Å². The van der Waals surface area contributed by atoms with Crippen molar-refractivity contribution in [2.75, 3.05) is 26.7 Å². The summed E-state index contributed by atoms with van der Waals surface area (Å²) < 4.78 is 14.1. The molecule has 1 N–H and O–H groups in total. The largest absolute Gasteiger partial charge is 0.301 e. The maximum absolute atomic E-state index is 14.1. The van der Waals surface area contributed by atoms with Gasteiger partial charge < -0.3 is 4.90 Å². The van der Waals surface area contributed by atoms with Crippen LogP contribution in [-0.4, -0.2) is 43.5 Å². The average molecular weight is 446 g/mol. The predicted molar refractivity (Wildman–Crippen MR) is 138 cm³/mol. The zero-order chi connectivity index (χ0) is 24.5. The van der Waals surface area contributed by atoms with E-state index in [0.717, 1.165) is 37.3 Å². The molecule has 0 bridgehead atoms. The predicted octanol–water partition coefficient (Wildman–Crippen LogP) is 6.73. The molecule has 1 fully saturated rings. The molecule has 0 aromatic rings. The lowest BCUT2D eigenvalue weighted by Crippen LogP contribution is -2.43. The van der Waals surface area contributed by atoms with Crippen LogP contribution in [0.5, 0.6) is 0 Å². The molecule has 180 valence electrons. The highest BCUT2D eigenvalue weighted by molar-refractivity contribution is 5.83. The van der Waals surface area contributed by atoms with Crippen molar-refractivity contribution in [3.8, 4) is 0 Å². The van der Waals surface area contributed by atoms with Gasteiger partial charge in [0.15, 0.2) is 0 Å². The second-order valence-electron chi connectivity index (χ2n) is 7.70. The lowest BCUT2D eigenvalue weighted by molar-refractivity contribution is 0.0953. The molecule has 1 aliphatic rings. The first kappa shape index (κ1) is 29.8. The van der Waals surface area contributed by atoms with E-state index in [0.29, 0.717) is 29.7 Å². The van der Waals surface area contributed by atoms with E-state index < -0.39 is 0 Å². The molecular weight excluding hydrogens is 401 g/mol. The van der Waals surface area contributed by atoms with Crippen LogP contribution in [0, 0.1) is 5.92 Å². The molecule has 0 spiro atoms. The van der Waals surface area contributed by atoms with Crippen LogP contribution in [0.25, 0.3) is 0 Å². The number of nitrogens with one attached hydrogen (secondary N) is 1. The van der Waals surface area contributed by atoms with Crippen molar-refractivity contribution in [3.05, 3.63) is 72.2 Å². The monoisotopic (exact) mass is 445 g/mol. The number of nitrogens with zero attached hydrogens (tertiary/aromatic N) is 2. The second-order valence-corrected chi connectivity index (χ2v) is 7.70. The quantitative estimate of drug-likeness (QED) is 0.175. The molecule has 0 atom stereocenters. The zero-order valence-electron chi connectivity index (χ0n) is 21.2. The first-order valence-corrected chi connectivity index (χ1v) is 11.6. The zero-order valence-corrected chi connectivity index (χ0v) is 21.2. The Labute approximate surface area is 196 Å². The van der Waals surface area contributed by atoms with Crippen LogP contribution in [0.1, 0.15) is 54.4 Å². The smallest absolute Gasteiger partial charge is 0.126 e. The summed E-state index contributed by atoms with van der Waals surface area (Å²) in [6, 6.07) is 0.585. The number of allylic oxidation sites excluding steroid dienone is 9. The van der Waals surface area contributed by atoms with Crippen LogP contribution < -0.4 is 5.48 Å². The number of piperidine rings is 1. The lowest BCUT2D eigenvalue weighted by Gasteiger charge is -2.34. The Balaban J connectivity index is 0.00000466. The third kappa shape index (κ3) is 10.4. The molecule has 0 unspecified atom stereocenters. The Morgan fingerprint density at radius 3 is 2.28 bits per heavy atom. The minimum absolute atomic E-state index is 0.308. The van der Waals surface area contributed by atoms with E-state index in [1.807, 2.05) is 32.9 Å². The fraction of sp³-hybridized carbons (Fsp3) is 0.519. The molecule has 5 heteroatoms. The summed E-state index contributed by atoms with van der Waals surface area (Å²) in [5, 5.41) is 0. The van der Waals surface area contributed by atoms with Gasteiger partial charge in [-0.3, -0.25) is 15.3 Å². The van der Waals surface area contributed by atoms with E-state index in [1.54, 1.807) is 32.2 Å². The summed E-state index contributed by atoms with van der Waals surface area (Å²) in [4.78, 5) is 12.6. The third-order valence-corrected chi connectivity index (χ3v) is 5.24. The van der Waals surface area contributed by atoms with Crippen molar-refractivity contribution in [2.24, 2.45) is 10.9 Å². The highest BCUT2D eigenvalue weighted by Gasteiger charge is 2.24. The summed E-state index contributed by atoms with van der Waals surface area (Å²) in [5.74, 6) is 0.995. The van der Waals surface area contributed by atoms with E-state index in [9.17, 15) is 4.39 Å². The third-order valence-electron chi connectivity index (χ3n) is 5.24. The van der Waals surface area contributed by atoms with Crippen molar-refractivity contribution in [1.82, 2.24) is 10.4 Å². The van der Waals surface area contributed by atoms with Crippen molar-refractivity contribution < 1.29 is 9.23 Å². The molecule has 0 saturated carbocycles. The number of hydrogen-bond acceptors (Lipinski definition) is 3. The summed E-state index contributed by atoms with van der Waals surface area (Å²) >= 11 is 0. The van der Waals surface area contributed by atoms with Crippen LogP contribution >= 0.6 is 0 Å². The fourth-order valence-corrected chi connectivity index (χ4v) is 3.36. The minimum Gasteiger partial charge on any atom is -0.301 e. The molecule has 0 aliphatic carbocycles. The van der Waals surface area contributed by atoms with Crippen LogP contribution in [0.3, 0.4) is 0 Å². The number of rotatable bonds is 10. The van der Waals surface area contributed by atoms with Gasteiger partial charge in [-0.25, -0.2) is 4.39 Å². The minimum atomic E-state index is -0.308. The normalized spacial score (nSPS) is 17.7. The summed E-state index contributed by atoms with van der Waals surface area (Å²) in [6.45, 7) is 22.1. The maximum Gasteiger partial charge on any atom is 0.126 e. The summed E-state index contributed by atoms with van der Waals surface area (Å²) in [5.41, 5.74) is 5.18. The Morgan fingerprint density at radius 2 is 1.81 bits per heavy atom. The van der Waals surface area contributed by atoms with Crippen LogP contribution in [-0.2, 0) is 4.84 Å².